The quantitative estimate of drug-likeness (QED) is 0.767. The molecule has 0 fully saturated rings. The second kappa shape index (κ2) is 4.72. The van der Waals surface area contributed by atoms with E-state index in [9.17, 15) is 13.2 Å². The third-order valence-corrected chi connectivity index (χ3v) is 2.35. The van der Waals surface area contributed by atoms with Crippen molar-refractivity contribution in [2.45, 2.75) is 6.36 Å². The van der Waals surface area contributed by atoms with Gasteiger partial charge in [0, 0.05) is 0 Å². The van der Waals surface area contributed by atoms with Crippen LogP contribution in [0.25, 0.3) is 11.1 Å². The molecule has 1 nitrogen and oxygen atoms in total. The lowest BCUT2D eigenvalue weighted by Gasteiger charge is -2.09. The number of benzene rings is 2. The lowest BCUT2D eigenvalue weighted by atomic mass is 10.0. The van der Waals surface area contributed by atoms with Gasteiger partial charge < -0.3 is 4.74 Å². The molecule has 0 amide bonds. The fraction of sp³-hybridized carbons (Fsp3) is 0.0714. The van der Waals surface area contributed by atoms with E-state index < -0.39 is 6.36 Å². The maximum atomic E-state index is 12.0. The van der Waals surface area contributed by atoms with Gasteiger partial charge in [-0.1, -0.05) is 36.4 Å². The van der Waals surface area contributed by atoms with Gasteiger partial charge >= 0.3 is 6.36 Å². The van der Waals surface area contributed by atoms with Crippen LogP contribution in [0, 0.1) is 6.92 Å². The molecule has 0 aromatic heterocycles. The highest BCUT2D eigenvalue weighted by Gasteiger charge is 2.30. The van der Waals surface area contributed by atoms with Crippen LogP contribution >= 0.6 is 0 Å². The number of hydrogen-bond acceptors (Lipinski definition) is 1. The van der Waals surface area contributed by atoms with Crippen molar-refractivity contribution in [3.8, 4) is 16.9 Å². The molecule has 18 heavy (non-hydrogen) atoms. The topological polar surface area (TPSA) is 9.23 Å². The minimum Gasteiger partial charge on any atom is -0.406 e. The average molecular weight is 251 g/mol. The molecule has 0 aliphatic carbocycles. The van der Waals surface area contributed by atoms with E-state index in [0.29, 0.717) is 0 Å². The predicted octanol–water partition coefficient (Wildman–Crippen LogP) is 4.43. The van der Waals surface area contributed by atoms with E-state index in [4.69, 9.17) is 0 Å². The van der Waals surface area contributed by atoms with Crippen molar-refractivity contribution in [2.24, 2.45) is 0 Å². The van der Waals surface area contributed by atoms with Gasteiger partial charge in [-0.25, -0.2) is 0 Å². The van der Waals surface area contributed by atoms with Crippen molar-refractivity contribution in [3.63, 3.8) is 0 Å². The number of halogens is 3. The summed E-state index contributed by atoms with van der Waals surface area (Å²) in [7, 11) is 0. The molecule has 1 radical (unpaired) electrons. The van der Waals surface area contributed by atoms with Gasteiger partial charge in [-0.3, -0.25) is 0 Å². The molecule has 4 heteroatoms. The van der Waals surface area contributed by atoms with Crippen molar-refractivity contribution in [1.29, 1.82) is 0 Å². The third-order valence-electron chi connectivity index (χ3n) is 2.35. The van der Waals surface area contributed by atoms with Crippen LogP contribution in [0.4, 0.5) is 13.2 Å². The Labute approximate surface area is 103 Å². The van der Waals surface area contributed by atoms with Crippen molar-refractivity contribution in [3.05, 3.63) is 61.0 Å². The monoisotopic (exact) mass is 251 g/mol. The standard InChI is InChI=1S/C14H10F3O/c1-10-3-2-4-12(9-10)11-5-7-13(8-6-11)18-14(15,16)17/h2-9H,1H2. The van der Waals surface area contributed by atoms with Crippen LogP contribution in [0.1, 0.15) is 5.56 Å². The summed E-state index contributed by atoms with van der Waals surface area (Å²) in [6.45, 7) is 3.80. The Morgan fingerprint density at radius 1 is 0.889 bits per heavy atom. The average Bonchev–Trinajstić information content (AvgIpc) is 2.28. The van der Waals surface area contributed by atoms with Gasteiger partial charge in [0.25, 0.3) is 0 Å². The summed E-state index contributed by atoms with van der Waals surface area (Å²) in [5.41, 5.74) is 2.57. The van der Waals surface area contributed by atoms with E-state index in [1.807, 2.05) is 24.3 Å². The van der Waals surface area contributed by atoms with Crippen LogP contribution in [0.5, 0.6) is 5.75 Å². The molecule has 2 aromatic carbocycles. The van der Waals surface area contributed by atoms with E-state index in [-0.39, 0.29) is 5.75 Å². The van der Waals surface area contributed by atoms with Crippen LogP contribution in [0.2, 0.25) is 0 Å². The molecular formula is C14H10F3O. The fourth-order valence-electron chi connectivity index (χ4n) is 1.60. The highest BCUT2D eigenvalue weighted by molar-refractivity contribution is 5.65. The Kier molecular flexibility index (Phi) is 3.28. The number of ether oxygens (including phenoxy) is 1. The second-order valence-electron chi connectivity index (χ2n) is 3.77. The smallest absolute Gasteiger partial charge is 0.406 e. The Hall–Kier alpha value is -1.97. The van der Waals surface area contributed by atoms with Gasteiger partial charge in [0.05, 0.1) is 0 Å². The summed E-state index contributed by atoms with van der Waals surface area (Å²) < 4.78 is 39.8. The van der Waals surface area contributed by atoms with Crippen LogP contribution in [-0.4, -0.2) is 6.36 Å². The van der Waals surface area contributed by atoms with E-state index >= 15 is 0 Å². The van der Waals surface area contributed by atoms with E-state index in [2.05, 4.69) is 11.7 Å². The Bertz CT molecular complexity index is 529. The van der Waals surface area contributed by atoms with Crippen molar-refractivity contribution in [1.82, 2.24) is 0 Å². The SMILES string of the molecule is [CH2]c1cccc(-c2ccc(OC(F)(F)F)cc2)c1. The normalized spacial score (nSPS) is 11.3. The van der Waals surface area contributed by atoms with Gasteiger partial charge in [0.2, 0.25) is 0 Å². The first-order valence-electron chi connectivity index (χ1n) is 5.22. The molecule has 0 heterocycles. The van der Waals surface area contributed by atoms with Gasteiger partial charge in [0.1, 0.15) is 5.75 Å². The fourth-order valence-corrected chi connectivity index (χ4v) is 1.60. The lowest BCUT2D eigenvalue weighted by Crippen LogP contribution is -2.16. The minimum absolute atomic E-state index is 0.225. The van der Waals surface area contributed by atoms with Gasteiger partial charge in [-0.05, 0) is 35.7 Å². The van der Waals surface area contributed by atoms with Crippen molar-refractivity contribution in [2.75, 3.05) is 0 Å². The van der Waals surface area contributed by atoms with Crippen molar-refractivity contribution < 1.29 is 17.9 Å². The third kappa shape index (κ3) is 3.26. The zero-order valence-electron chi connectivity index (χ0n) is 9.37. The zero-order chi connectivity index (χ0) is 13.2. The van der Waals surface area contributed by atoms with Crippen LogP contribution in [0.15, 0.2) is 48.5 Å². The predicted molar refractivity (Wildman–Crippen MR) is 63.0 cm³/mol. The van der Waals surface area contributed by atoms with Crippen molar-refractivity contribution >= 4 is 0 Å². The summed E-state index contributed by atoms with van der Waals surface area (Å²) in [6.07, 6.45) is -4.66. The number of alkyl halides is 3. The first-order valence-corrected chi connectivity index (χ1v) is 5.22. The molecule has 0 saturated heterocycles. The Morgan fingerprint density at radius 3 is 2.11 bits per heavy atom. The second-order valence-corrected chi connectivity index (χ2v) is 3.77. The summed E-state index contributed by atoms with van der Waals surface area (Å²) in [5, 5.41) is 0. The van der Waals surface area contributed by atoms with E-state index in [1.54, 1.807) is 12.1 Å². The summed E-state index contributed by atoms with van der Waals surface area (Å²) in [5.74, 6) is -0.225. The Balaban J connectivity index is 2.22. The molecule has 0 N–H and O–H groups in total. The number of rotatable bonds is 2. The maximum absolute atomic E-state index is 12.0. The van der Waals surface area contributed by atoms with E-state index in [0.717, 1.165) is 16.7 Å². The molecule has 2 aromatic rings. The summed E-state index contributed by atoms with van der Waals surface area (Å²) in [6, 6.07) is 13.2. The van der Waals surface area contributed by atoms with E-state index in [1.165, 1.54) is 12.1 Å². The molecule has 0 spiro atoms. The maximum Gasteiger partial charge on any atom is 0.573 e. The van der Waals surface area contributed by atoms with Crippen LogP contribution in [0.3, 0.4) is 0 Å². The zero-order valence-corrected chi connectivity index (χ0v) is 9.37. The molecule has 0 aliphatic rings. The molecule has 0 unspecified atom stereocenters. The first-order chi connectivity index (χ1) is 8.44. The summed E-state index contributed by atoms with van der Waals surface area (Å²) >= 11 is 0. The van der Waals surface area contributed by atoms with Gasteiger partial charge in [-0.15, -0.1) is 13.2 Å². The van der Waals surface area contributed by atoms with Crippen LogP contribution < -0.4 is 4.74 Å². The molecule has 0 aliphatic heterocycles. The highest BCUT2D eigenvalue weighted by atomic mass is 19.4. The molecular weight excluding hydrogens is 241 g/mol. The van der Waals surface area contributed by atoms with Gasteiger partial charge in [0.15, 0.2) is 0 Å². The molecule has 0 saturated carbocycles. The molecule has 0 bridgehead atoms. The molecule has 0 atom stereocenters. The largest absolute Gasteiger partial charge is 0.573 e. The van der Waals surface area contributed by atoms with Crippen LogP contribution in [-0.2, 0) is 0 Å². The number of hydrogen-bond donors (Lipinski definition) is 0. The highest BCUT2D eigenvalue weighted by Crippen LogP contribution is 2.26. The lowest BCUT2D eigenvalue weighted by molar-refractivity contribution is -0.274. The minimum atomic E-state index is -4.66. The Morgan fingerprint density at radius 2 is 1.56 bits per heavy atom. The molecule has 2 rings (SSSR count). The summed E-state index contributed by atoms with van der Waals surface area (Å²) in [4.78, 5) is 0. The first kappa shape index (κ1) is 12.5. The van der Waals surface area contributed by atoms with Gasteiger partial charge in [-0.2, -0.15) is 0 Å². The molecule has 93 valence electrons.